The van der Waals surface area contributed by atoms with E-state index in [4.69, 9.17) is 0 Å². The van der Waals surface area contributed by atoms with E-state index in [0.29, 0.717) is 11.6 Å². The first-order chi connectivity index (χ1) is 11.1. The molecule has 7 heteroatoms. The van der Waals surface area contributed by atoms with Crippen molar-refractivity contribution in [3.05, 3.63) is 42.7 Å². The molecule has 1 aliphatic heterocycles. The highest BCUT2D eigenvalue weighted by molar-refractivity contribution is 5.95. The lowest BCUT2D eigenvalue weighted by atomic mass is 9.97. The molecule has 1 saturated heterocycles. The van der Waals surface area contributed by atoms with Gasteiger partial charge in [0.2, 0.25) is 11.9 Å². The van der Waals surface area contributed by atoms with E-state index in [1.165, 1.54) is 0 Å². The number of carbonyl (C=O) groups excluding carboxylic acids is 1. The Kier molecular flexibility index (Phi) is 4.50. The number of para-hydroxylation sites is 1. The minimum atomic E-state index is -0.271. The van der Waals surface area contributed by atoms with Gasteiger partial charge in [-0.15, -0.1) is 0 Å². The first kappa shape index (κ1) is 15.4. The van der Waals surface area contributed by atoms with Gasteiger partial charge < -0.3 is 10.6 Å². The highest BCUT2D eigenvalue weighted by atomic mass is 16.2. The van der Waals surface area contributed by atoms with Gasteiger partial charge in [0.25, 0.3) is 0 Å². The van der Waals surface area contributed by atoms with Crippen molar-refractivity contribution in [1.29, 1.82) is 0 Å². The number of nitrogens with zero attached hydrogens (tertiary/aromatic N) is 2. The number of carbonyl (C=O) groups is 1. The molecule has 0 spiro atoms. The van der Waals surface area contributed by atoms with Crippen LogP contribution in [0.1, 0.15) is 13.8 Å². The van der Waals surface area contributed by atoms with E-state index in [2.05, 4.69) is 31.5 Å². The van der Waals surface area contributed by atoms with Gasteiger partial charge in [0.1, 0.15) is 6.04 Å². The van der Waals surface area contributed by atoms with Crippen LogP contribution in [0.2, 0.25) is 0 Å². The van der Waals surface area contributed by atoms with Crippen molar-refractivity contribution in [2.45, 2.75) is 25.9 Å². The van der Waals surface area contributed by atoms with Crippen LogP contribution in [-0.2, 0) is 4.79 Å². The minimum Gasteiger partial charge on any atom is -0.324 e. The summed E-state index contributed by atoms with van der Waals surface area (Å²) < 4.78 is 0. The molecule has 0 radical (unpaired) electrons. The Morgan fingerprint density at radius 1 is 1.04 bits per heavy atom. The van der Waals surface area contributed by atoms with Gasteiger partial charge in [-0.1, -0.05) is 25.1 Å². The number of hydrogen-bond donors (Lipinski definition) is 4. The molecule has 120 valence electrons. The predicted octanol–water partition coefficient (Wildman–Crippen LogP) is 1.66. The lowest BCUT2D eigenvalue weighted by Gasteiger charge is -2.15. The summed E-state index contributed by atoms with van der Waals surface area (Å²) in [4.78, 5) is 20.7. The second kappa shape index (κ2) is 6.72. The number of rotatable bonds is 4. The first-order valence-corrected chi connectivity index (χ1v) is 7.59. The van der Waals surface area contributed by atoms with Gasteiger partial charge in [-0.25, -0.2) is 15.4 Å². The van der Waals surface area contributed by atoms with Crippen LogP contribution >= 0.6 is 0 Å². The maximum Gasteiger partial charge on any atom is 0.243 e. The van der Waals surface area contributed by atoms with E-state index < -0.39 is 0 Å². The fourth-order valence-corrected chi connectivity index (χ4v) is 2.40. The molecule has 3 atom stereocenters. The normalized spacial score (nSPS) is 23.5. The largest absolute Gasteiger partial charge is 0.324 e. The van der Waals surface area contributed by atoms with Crippen LogP contribution in [0.3, 0.4) is 0 Å². The molecule has 7 nitrogen and oxygen atoms in total. The third-order valence-corrected chi connectivity index (χ3v) is 4.01. The summed E-state index contributed by atoms with van der Waals surface area (Å²) in [6, 6.07) is 9.65. The molecule has 1 aromatic carbocycles. The molecule has 1 fully saturated rings. The molecule has 2 aromatic rings. The smallest absolute Gasteiger partial charge is 0.243 e. The maximum atomic E-state index is 12.3. The molecule has 1 aromatic heterocycles. The second-order valence-electron chi connectivity index (χ2n) is 5.69. The molecule has 0 aliphatic carbocycles. The number of nitrogens with one attached hydrogen (secondary N) is 4. The topological polar surface area (TPSA) is 91.0 Å². The van der Waals surface area contributed by atoms with Crippen molar-refractivity contribution in [2.24, 2.45) is 5.92 Å². The van der Waals surface area contributed by atoms with Gasteiger partial charge in [0.05, 0.1) is 18.1 Å². The maximum absolute atomic E-state index is 12.3. The Labute approximate surface area is 134 Å². The van der Waals surface area contributed by atoms with Crippen LogP contribution in [0.5, 0.6) is 0 Å². The summed E-state index contributed by atoms with van der Waals surface area (Å²) in [7, 11) is 0. The third kappa shape index (κ3) is 3.64. The zero-order chi connectivity index (χ0) is 16.2. The van der Waals surface area contributed by atoms with Crippen LogP contribution in [0, 0.1) is 5.92 Å². The summed E-state index contributed by atoms with van der Waals surface area (Å²) >= 11 is 0. The number of benzene rings is 1. The highest BCUT2D eigenvalue weighted by Crippen LogP contribution is 2.16. The molecular weight excluding hydrogens is 292 g/mol. The zero-order valence-corrected chi connectivity index (χ0v) is 13.1. The molecule has 1 amide bonds. The fraction of sp³-hybridized carbons (Fsp3) is 0.312. The Hall–Kier alpha value is -2.51. The second-order valence-corrected chi connectivity index (χ2v) is 5.69. The van der Waals surface area contributed by atoms with Gasteiger partial charge in [-0.3, -0.25) is 10.2 Å². The van der Waals surface area contributed by atoms with Gasteiger partial charge in [0.15, 0.2) is 0 Å². The van der Waals surface area contributed by atoms with Crippen molar-refractivity contribution in [3.8, 4) is 0 Å². The summed E-state index contributed by atoms with van der Waals surface area (Å²) in [5, 5.41) is 5.93. The van der Waals surface area contributed by atoms with E-state index in [1.807, 2.05) is 44.2 Å². The standard InChI is InChI=1S/C16H20N6O/c1-10-11(2)21-22-14(10)15(23)19-13-8-17-16(18-9-13)20-12-6-4-3-5-7-12/h3-11,14,21-22H,1-2H3,(H,19,23)(H,17,18,20). The molecular formula is C16H20N6O. The Morgan fingerprint density at radius 2 is 1.74 bits per heavy atom. The summed E-state index contributed by atoms with van der Waals surface area (Å²) in [5.74, 6) is 0.591. The molecule has 2 heterocycles. The van der Waals surface area contributed by atoms with Gasteiger partial charge in [0, 0.05) is 11.7 Å². The van der Waals surface area contributed by atoms with Crippen molar-refractivity contribution in [2.75, 3.05) is 10.6 Å². The fourth-order valence-electron chi connectivity index (χ4n) is 2.40. The van der Waals surface area contributed by atoms with E-state index >= 15 is 0 Å². The summed E-state index contributed by atoms with van der Waals surface area (Å²) in [6.45, 7) is 4.07. The van der Waals surface area contributed by atoms with Crippen LogP contribution < -0.4 is 21.5 Å². The predicted molar refractivity (Wildman–Crippen MR) is 89.1 cm³/mol. The van der Waals surface area contributed by atoms with Crippen LogP contribution in [0.4, 0.5) is 17.3 Å². The molecule has 4 N–H and O–H groups in total. The molecule has 23 heavy (non-hydrogen) atoms. The van der Waals surface area contributed by atoms with Gasteiger partial charge >= 0.3 is 0 Å². The average Bonchev–Trinajstić information content (AvgIpc) is 2.90. The average molecular weight is 312 g/mol. The van der Waals surface area contributed by atoms with Crippen LogP contribution in [0.25, 0.3) is 0 Å². The number of hydrazine groups is 1. The van der Waals surface area contributed by atoms with Crippen LogP contribution in [-0.4, -0.2) is 28.0 Å². The number of hydrogen-bond acceptors (Lipinski definition) is 6. The number of amides is 1. The Bertz CT molecular complexity index is 660. The third-order valence-electron chi connectivity index (χ3n) is 4.01. The van der Waals surface area contributed by atoms with Gasteiger partial charge in [-0.2, -0.15) is 0 Å². The Balaban J connectivity index is 1.60. The number of anilines is 3. The molecule has 0 saturated carbocycles. The molecule has 0 bridgehead atoms. The van der Waals surface area contributed by atoms with Crippen molar-refractivity contribution in [3.63, 3.8) is 0 Å². The quantitative estimate of drug-likeness (QED) is 0.686. The lowest BCUT2D eigenvalue weighted by molar-refractivity contribution is -0.118. The summed E-state index contributed by atoms with van der Waals surface area (Å²) in [6.07, 6.45) is 3.18. The number of aromatic nitrogens is 2. The van der Waals surface area contributed by atoms with E-state index in [9.17, 15) is 4.79 Å². The van der Waals surface area contributed by atoms with E-state index in [0.717, 1.165) is 5.69 Å². The van der Waals surface area contributed by atoms with Crippen molar-refractivity contribution >= 4 is 23.2 Å². The van der Waals surface area contributed by atoms with Gasteiger partial charge in [-0.05, 0) is 25.0 Å². The SMILES string of the molecule is CC1NNC(C(=O)Nc2cnc(Nc3ccccc3)nc2)C1C. The monoisotopic (exact) mass is 312 g/mol. The Morgan fingerprint density at radius 3 is 2.35 bits per heavy atom. The van der Waals surface area contributed by atoms with E-state index in [-0.39, 0.29) is 23.9 Å². The van der Waals surface area contributed by atoms with Crippen molar-refractivity contribution < 1.29 is 4.79 Å². The molecule has 1 aliphatic rings. The summed E-state index contributed by atoms with van der Waals surface area (Å²) in [5.41, 5.74) is 7.56. The highest BCUT2D eigenvalue weighted by Gasteiger charge is 2.34. The zero-order valence-electron chi connectivity index (χ0n) is 13.1. The molecule has 3 unspecified atom stereocenters. The van der Waals surface area contributed by atoms with E-state index in [1.54, 1.807) is 12.4 Å². The molecule has 3 rings (SSSR count). The van der Waals surface area contributed by atoms with Crippen LogP contribution in [0.15, 0.2) is 42.7 Å². The van der Waals surface area contributed by atoms with Crippen molar-refractivity contribution in [1.82, 2.24) is 20.8 Å². The first-order valence-electron chi connectivity index (χ1n) is 7.59. The lowest BCUT2D eigenvalue weighted by Crippen LogP contribution is -2.41. The minimum absolute atomic E-state index is 0.0956.